The first kappa shape index (κ1) is 21.0. The SMILES string of the molecule is Cc1onc(C(=O)Nc2cnn(Cc3ccc(Cl)cc3)c2)c1COc1ccccc1Cl. The van der Waals surface area contributed by atoms with E-state index in [2.05, 4.69) is 15.6 Å². The van der Waals surface area contributed by atoms with Gasteiger partial charge in [0.15, 0.2) is 5.69 Å². The monoisotopic (exact) mass is 456 g/mol. The Morgan fingerprint density at radius 2 is 1.94 bits per heavy atom. The quantitative estimate of drug-likeness (QED) is 0.404. The molecule has 0 spiro atoms. The lowest BCUT2D eigenvalue weighted by Gasteiger charge is -2.08. The van der Waals surface area contributed by atoms with Crippen molar-refractivity contribution >= 4 is 34.8 Å². The average molecular weight is 457 g/mol. The van der Waals surface area contributed by atoms with E-state index in [0.29, 0.717) is 39.4 Å². The number of hydrogen-bond donors (Lipinski definition) is 1. The second-order valence-corrected chi connectivity index (χ2v) is 7.64. The van der Waals surface area contributed by atoms with Crippen molar-refractivity contribution < 1.29 is 14.1 Å². The molecule has 1 N–H and O–H groups in total. The number of anilines is 1. The number of nitrogens with one attached hydrogen (secondary N) is 1. The maximum absolute atomic E-state index is 12.8. The molecule has 2 aromatic carbocycles. The normalized spacial score (nSPS) is 10.8. The number of para-hydroxylation sites is 1. The molecule has 0 aliphatic carbocycles. The second kappa shape index (κ2) is 9.24. The zero-order valence-electron chi connectivity index (χ0n) is 16.5. The van der Waals surface area contributed by atoms with Crippen LogP contribution in [0.5, 0.6) is 5.75 Å². The van der Waals surface area contributed by atoms with E-state index in [9.17, 15) is 4.79 Å². The number of ether oxygens (including phenoxy) is 1. The summed E-state index contributed by atoms with van der Waals surface area (Å²) in [6.45, 7) is 2.36. The van der Waals surface area contributed by atoms with Crippen molar-refractivity contribution in [3.63, 3.8) is 0 Å². The molecule has 0 atom stereocenters. The van der Waals surface area contributed by atoms with Crippen molar-refractivity contribution in [2.45, 2.75) is 20.1 Å². The molecule has 0 unspecified atom stereocenters. The molecular formula is C22H18Cl2N4O3. The predicted octanol–water partition coefficient (Wildman–Crippen LogP) is 5.37. The summed E-state index contributed by atoms with van der Waals surface area (Å²) in [6, 6.07) is 14.6. The zero-order valence-corrected chi connectivity index (χ0v) is 18.0. The maximum atomic E-state index is 12.8. The number of aromatic nitrogens is 3. The van der Waals surface area contributed by atoms with Gasteiger partial charge < -0.3 is 14.6 Å². The molecule has 0 radical (unpaired) electrons. The van der Waals surface area contributed by atoms with Crippen LogP contribution < -0.4 is 10.1 Å². The molecule has 31 heavy (non-hydrogen) atoms. The van der Waals surface area contributed by atoms with Gasteiger partial charge in [-0.15, -0.1) is 0 Å². The molecule has 7 nitrogen and oxygen atoms in total. The van der Waals surface area contributed by atoms with E-state index in [-0.39, 0.29) is 12.3 Å². The molecule has 0 saturated heterocycles. The summed E-state index contributed by atoms with van der Waals surface area (Å²) in [6.07, 6.45) is 3.31. The first-order chi connectivity index (χ1) is 15.0. The first-order valence-corrected chi connectivity index (χ1v) is 10.2. The van der Waals surface area contributed by atoms with Gasteiger partial charge in [0, 0.05) is 11.2 Å². The fourth-order valence-corrected chi connectivity index (χ4v) is 3.25. The maximum Gasteiger partial charge on any atom is 0.278 e. The highest BCUT2D eigenvalue weighted by Gasteiger charge is 2.21. The molecule has 2 heterocycles. The fraction of sp³-hybridized carbons (Fsp3) is 0.136. The number of halogens is 2. The lowest BCUT2D eigenvalue weighted by Crippen LogP contribution is -2.15. The van der Waals surface area contributed by atoms with Crippen LogP contribution in [0.25, 0.3) is 0 Å². The summed E-state index contributed by atoms with van der Waals surface area (Å²) in [5.74, 6) is 0.593. The topological polar surface area (TPSA) is 82.2 Å². The van der Waals surface area contributed by atoms with Crippen molar-refractivity contribution in [1.82, 2.24) is 14.9 Å². The van der Waals surface area contributed by atoms with Crippen LogP contribution in [0.2, 0.25) is 10.0 Å². The van der Waals surface area contributed by atoms with E-state index in [0.717, 1.165) is 5.56 Å². The highest BCUT2D eigenvalue weighted by Crippen LogP contribution is 2.25. The van der Waals surface area contributed by atoms with Crippen LogP contribution in [0.4, 0.5) is 5.69 Å². The van der Waals surface area contributed by atoms with Crippen LogP contribution in [0.1, 0.15) is 27.4 Å². The van der Waals surface area contributed by atoms with Gasteiger partial charge in [0.25, 0.3) is 5.91 Å². The Kier molecular flexibility index (Phi) is 6.25. The lowest BCUT2D eigenvalue weighted by atomic mass is 10.2. The Hall–Kier alpha value is -3.29. The number of carbonyl (C=O) groups is 1. The summed E-state index contributed by atoms with van der Waals surface area (Å²) in [5.41, 5.74) is 2.27. The standard InChI is InChI=1S/C22H18Cl2N4O3/c1-14-18(13-30-20-5-3-2-4-19(20)24)21(27-31-14)22(29)26-17-10-25-28(12-17)11-15-6-8-16(23)9-7-15/h2-10,12H,11,13H2,1H3,(H,26,29). The minimum Gasteiger partial charge on any atom is -0.487 e. The molecule has 0 fully saturated rings. The van der Waals surface area contributed by atoms with Gasteiger partial charge in [-0.1, -0.05) is 52.6 Å². The molecule has 0 aliphatic heterocycles. The van der Waals surface area contributed by atoms with Gasteiger partial charge in [-0.2, -0.15) is 5.10 Å². The smallest absolute Gasteiger partial charge is 0.278 e. The van der Waals surface area contributed by atoms with Crippen molar-refractivity contribution in [3.8, 4) is 5.75 Å². The number of rotatable bonds is 7. The zero-order chi connectivity index (χ0) is 21.8. The molecule has 9 heteroatoms. The summed E-state index contributed by atoms with van der Waals surface area (Å²) in [7, 11) is 0. The van der Waals surface area contributed by atoms with Crippen LogP contribution in [0.15, 0.2) is 65.4 Å². The molecule has 0 aliphatic rings. The van der Waals surface area contributed by atoms with Gasteiger partial charge in [0.2, 0.25) is 0 Å². The van der Waals surface area contributed by atoms with Crippen molar-refractivity contribution in [1.29, 1.82) is 0 Å². The van der Waals surface area contributed by atoms with Gasteiger partial charge >= 0.3 is 0 Å². The van der Waals surface area contributed by atoms with Gasteiger partial charge in [0.1, 0.15) is 18.1 Å². The van der Waals surface area contributed by atoms with Crippen molar-refractivity contribution in [3.05, 3.63) is 93.6 Å². The summed E-state index contributed by atoms with van der Waals surface area (Å²) in [4.78, 5) is 12.8. The fourth-order valence-electron chi connectivity index (χ4n) is 2.93. The Labute approximate surface area is 188 Å². The van der Waals surface area contributed by atoms with Crippen molar-refractivity contribution in [2.75, 3.05) is 5.32 Å². The molecule has 0 saturated carbocycles. The van der Waals surface area contributed by atoms with E-state index >= 15 is 0 Å². The van der Waals surface area contributed by atoms with Crippen LogP contribution in [-0.4, -0.2) is 20.8 Å². The second-order valence-electron chi connectivity index (χ2n) is 6.79. The van der Waals surface area contributed by atoms with Crippen molar-refractivity contribution in [2.24, 2.45) is 0 Å². The van der Waals surface area contributed by atoms with Crippen LogP contribution in [-0.2, 0) is 13.2 Å². The lowest BCUT2D eigenvalue weighted by molar-refractivity contribution is 0.101. The van der Waals surface area contributed by atoms with E-state index in [1.165, 1.54) is 0 Å². The third kappa shape index (κ3) is 5.07. The molecule has 0 bridgehead atoms. The molecule has 4 rings (SSSR count). The predicted molar refractivity (Wildman–Crippen MR) is 118 cm³/mol. The van der Waals surface area contributed by atoms with Crippen LogP contribution in [0, 0.1) is 6.92 Å². The van der Waals surface area contributed by atoms with E-state index in [1.807, 2.05) is 36.4 Å². The third-order valence-electron chi connectivity index (χ3n) is 4.56. The average Bonchev–Trinajstić information content (AvgIpc) is 3.35. The summed E-state index contributed by atoms with van der Waals surface area (Å²) >= 11 is 12.0. The minimum atomic E-state index is -0.416. The number of benzene rings is 2. The molecule has 158 valence electrons. The Morgan fingerprint density at radius 3 is 2.71 bits per heavy atom. The number of nitrogens with zero attached hydrogens (tertiary/aromatic N) is 3. The van der Waals surface area contributed by atoms with Crippen LogP contribution in [0.3, 0.4) is 0 Å². The van der Waals surface area contributed by atoms with Gasteiger partial charge in [-0.25, -0.2) is 0 Å². The van der Waals surface area contributed by atoms with E-state index < -0.39 is 5.91 Å². The molecular weight excluding hydrogens is 439 g/mol. The number of amides is 1. The summed E-state index contributed by atoms with van der Waals surface area (Å²) in [5, 5.41) is 12.1. The highest BCUT2D eigenvalue weighted by molar-refractivity contribution is 6.32. The largest absolute Gasteiger partial charge is 0.487 e. The number of carbonyl (C=O) groups excluding carboxylic acids is 1. The minimum absolute atomic E-state index is 0.0949. The number of aryl methyl sites for hydroxylation is 1. The number of hydrogen-bond acceptors (Lipinski definition) is 5. The van der Waals surface area contributed by atoms with Crippen LogP contribution >= 0.6 is 23.2 Å². The van der Waals surface area contributed by atoms with E-state index in [4.69, 9.17) is 32.5 Å². The summed E-state index contributed by atoms with van der Waals surface area (Å²) < 4.78 is 12.7. The molecule has 4 aromatic rings. The highest BCUT2D eigenvalue weighted by atomic mass is 35.5. The molecule has 2 aromatic heterocycles. The van der Waals surface area contributed by atoms with E-state index in [1.54, 1.807) is 36.1 Å². The van der Waals surface area contributed by atoms with Gasteiger partial charge in [0.05, 0.1) is 29.0 Å². The first-order valence-electron chi connectivity index (χ1n) is 9.40. The third-order valence-corrected chi connectivity index (χ3v) is 5.12. The Bertz CT molecular complexity index is 1200. The van der Waals surface area contributed by atoms with Gasteiger partial charge in [-0.3, -0.25) is 9.48 Å². The molecule has 1 amide bonds. The Morgan fingerprint density at radius 1 is 1.16 bits per heavy atom. The van der Waals surface area contributed by atoms with Gasteiger partial charge in [-0.05, 0) is 36.8 Å². The Balaban J connectivity index is 1.43.